The van der Waals surface area contributed by atoms with E-state index in [0.29, 0.717) is 17.8 Å². The summed E-state index contributed by atoms with van der Waals surface area (Å²) in [5, 5.41) is 0. The van der Waals surface area contributed by atoms with Crippen molar-refractivity contribution in [1.29, 1.82) is 0 Å². The molecule has 0 amide bonds. The normalized spacial score (nSPS) is 9.08. The maximum Gasteiger partial charge on any atom is 0.196 e. The Morgan fingerprint density at radius 1 is 1.46 bits per heavy atom. The molecule has 0 aromatic carbocycles. The minimum Gasteiger partial charge on any atom is -0.324 e. The van der Waals surface area contributed by atoms with Crippen molar-refractivity contribution < 1.29 is 4.79 Å². The van der Waals surface area contributed by atoms with Crippen molar-refractivity contribution in [3.63, 3.8) is 0 Å². The zero-order chi connectivity index (χ0) is 8.97. The average molecular weight is 202 g/mol. The van der Waals surface area contributed by atoms with Gasteiger partial charge in [0.05, 0.1) is 12.2 Å². The molecule has 0 fully saturated rings. The number of nitrogens with two attached hydrogens (primary N) is 1. The molecule has 1 rings (SSSR count). The predicted molar refractivity (Wildman–Crippen MR) is 52.0 cm³/mol. The van der Waals surface area contributed by atoms with Gasteiger partial charge in [-0.05, 0) is 6.42 Å². The van der Waals surface area contributed by atoms with Crippen molar-refractivity contribution in [2.24, 2.45) is 5.73 Å². The minimum atomic E-state index is -0.153. The molecule has 1 aromatic rings. The number of aryl methyl sites for hydroxylation is 1. The molecular formula is C8H12ClN3O. The molecule has 0 aliphatic rings. The maximum absolute atomic E-state index is 11.2. The number of carbonyl (C=O) groups excluding carboxylic acids is 1. The summed E-state index contributed by atoms with van der Waals surface area (Å²) in [6, 6.07) is 0. The molecule has 0 radical (unpaired) electrons. The lowest BCUT2D eigenvalue weighted by Gasteiger charge is -2.01. The summed E-state index contributed by atoms with van der Waals surface area (Å²) in [6.45, 7) is 1.92. The molecule has 0 atom stereocenters. The Kier molecular flexibility index (Phi) is 5.18. The van der Waals surface area contributed by atoms with Gasteiger partial charge in [-0.3, -0.25) is 9.78 Å². The summed E-state index contributed by atoms with van der Waals surface area (Å²) in [4.78, 5) is 19.1. The van der Waals surface area contributed by atoms with Crippen molar-refractivity contribution in [1.82, 2.24) is 9.97 Å². The van der Waals surface area contributed by atoms with Crippen LogP contribution in [0.5, 0.6) is 0 Å². The van der Waals surface area contributed by atoms with Gasteiger partial charge >= 0.3 is 0 Å². The van der Waals surface area contributed by atoms with Crippen molar-refractivity contribution in [3.8, 4) is 0 Å². The van der Waals surface area contributed by atoms with Crippen molar-refractivity contribution in [2.45, 2.75) is 13.3 Å². The summed E-state index contributed by atoms with van der Waals surface area (Å²) in [5.41, 5.74) is 6.33. The minimum absolute atomic E-state index is 0. The van der Waals surface area contributed by atoms with Crippen molar-refractivity contribution >= 4 is 18.2 Å². The first-order valence-corrected chi connectivity index (χ1v) is 3.82. The molecule has 0 saturated heterocycles. The summed E-state index contributed by atoms with van der Waals surface area (Å²) in [5.74, 6) is -0.153. The van der Waals surface area contributed by atoms with Gasteiger partial charge in [0.25, 0.3) is 0 Å². The third-order valence-corrected chi connectivity index (χ3v) is 1.56. The predicted octanol–water partition coefficient (Wildman–Crippen LogP) is 0.602. The highest BCUT2D eigenvalue weighted by atomic mass is 35.5. The van der Waals surface area contributed by atoms with Crippen LogP contribution < -0.4 is 5.73 Å². The first kappa shape index (κ1) is 12.0. The number of ketones is 1. The van der Waals surface area contributed by atoms with Crippen LogP contribution in [0.1, 0.15) is 23.1 Å². The van der Waals surface area contributed by atoms with Gasteiger partial charge in [-0.25, -0.2) is 4.98 Å². The first-order chi connectivity index (χ1) is 5.79. The Labute approximate surface area is 83.0 Å². The van der Waals surface area contributed by atoms with Crippen LogP contribution in [0, 0.1) is 0 Å². The number of hydrogen-bond acceptors (Lipinski definition) is 4. The monoisotopic (exact) mass is 201 g/mol. The van der Waals surface area contributed by atoms with Crippen LogP contribution in [-0.2, 0) is 6.42 Å². The van der Waals surface area contributed by atoms with E-state index in [4.69, 9.17) is 5.73 Å². The number of nitrogens with zero attached hydrogens (tertiary/aromatic N) is 2. The van der Waals surface area contributed by atoms with Crippen molar-refractivity contribution in [2.75, 3.05) is 6.54 Å². The van der Waals surface area contributed by atoms with Gasteiger partial charge in [-0.15, -0.1) is 12.4 Å². The fourth-order valence-corrected chi connectivity index (χ4v) is 0.955. The van der Waals surface area contributed by atoms with Gasteiger partial charge < -0.3 is 5.73 Å². The fraction of sp³-hybridized carbons (Fsp3) is 0.375. The third kappa shape index (κ3) is 2.75. The molecule has 72 valence electrons. The van der Waals surface area contributed by atoms with Gasteiger partial charge in [-0.2, -0.15) is 0 Å². The molecule has 0 spiro atoms. The lowest BCUT2D eigenvalue weighted by Crippen LogP contribution is -2.17. The summed E-state index contributed by atoms with van der Waals surface area (Å²) in [7, 11) is 0. The van der Waals surface area contributed by atoms with E-state index in [1.165, 1.54) is 6.20 Å². The molecule has 0 aliphatic carbocycles. The van der Waals surface area contributed by atoms with Gasteiger partial charge in [0.2, 0.25) is 0 Å². The summed E-state index contributed by atoms with van der Waals surface area (Å²) < 4.78 is 0. The highest BCUT2D eigenvalue weighted by Gasteiger charge is 2.09. The fourth-order valence-electron chi connectivity index (χ4n) is 0.955. The Hall–Kier alpha value is -1.00. The van der Waals surface area contributed by atoms with Crippen LogP contribution in [0.4, 0.5) is 0 Å². The largest absolute Gasteiger partial charge is 0.324 e. The van der Waals surface area contributed by atoms with E-state index < -0.39 is 0 Å². The molecule has 4 nitrogen and oxygen atoms in total. The van der Waals surface area contributed by atoms with E-state index >= 15 is 0 Å². The highest BCUT2D eigenvalue weighted by Crippen LogP contribution is 2.02. The second-order valence-corrected chi connectivity index (χ2v) is 2.33. The van der Waals surface area contributed by atoms with Crippen LogP contribution in [0.25, 0.3) is 0 Å². The number of Topliss-reactive ketones (excluding diaryl/α,β-unsaturated/α-hetero) is 1. The van der Waals surface area contributed by atoms with Gasteiger partial charge in [0.15, 0.2) is 5.78 Å². The highest BCUT2D eigenvalue weighted by molar-refractivity contribution is 5.96. The van der Waals surface area contributed by atoms with Gasteiger partial charge in [-0.1, -0.05) is 6.92 Å². The quantitative estimate of drug-likeness (QED) is 0.728. The van der Waals surface area contributed by atoms with Crippen LogP contribution in [0.3, 0.4) is 0 Å². The summed E-state index contributed by atoms with van der Waals surface area (Å²) in [6.07, 6.45) is 3.78. The first-order valence-electron chi connectivity index (χ1n) is 3.82. The lowest BCUT2D eigenvalue weighted by atomic mass is 10.2. The van der Waals surface area contributed by atoms with E-state index in [2.05, 4.69) is 9.97 Å². The SMILES string of the molecule is CCc1nccnc1C(=O)CN.Cl. The second kappa shape index (κ2) is 5.61. The Balaban J connectivity index is 0.00000144. The average Bonchev–Trinajstić information content (AvgIpc) is 2.16. The third-order valence-electron chi connectivity index (χ3n) is 1.56. The van der Waals surface area contributed by atoms with Crippen molar-refractivity contribution in [3.05, 3.63) is 23.8 Å². The molecule has 2 N–H and O–H groups in total. The van der Waals surface area contributed by atoms with E-state index in [1.54, 1.807) is 6.20 Å². The number of aromatic nitrogens is 2. The van der Waals surface area contributed by atoms with E-state index in [0.717, 1.165) is 0 Å². The Morgan fingerprint density at radius 2 is 2.08 bits per heavy atom. The zero-order valence-corrected chi connectivity index (χ0v) is 8.17. The second-order valence-electron chi connectivity index (χ2n) is 2.33. The van der Waals surface area contributed by atoms with E-state index in [-0.39, 0.29) is 24.7 Å². The van der Waals surface area contributed by atoms with Gasteiger partial charge in [0.1, 0.15) is 5.69 Å². The maximum atomic E-state index is 11.2. The van der Waals surface area contributed by atoms with Gasteiger partial charge in [0, 0.05) is 12.4 Å². The zero-order valence-electron chi connectivity index (χ0n) is 7.36. The number of halogens is 1. The van der Waals surface area contributed by atoms with E-state index in [9.17, 15) is 4.79 Å². The Morgan fingerprint density at radius 3 is 2.62 bits per heavy atom. The molecular weight excluding hydrogens is 190 g/mol. The lowest BCUT2D eigenvalue weighted by molar-refractivity contribution is 0.0995. The van der Waals surface area contributed by atoms with Crippen LogP contribution in [-0.4, -0.2) is 22.3 Å². The Bertz CT molecular complexity index is 290. The van der Waals surface area contributed by atoms with Crippen LogP contribution in [0.15, 0.2) is 12.4 Å². The molecule has 0 aliphatic heterocycles. The molecule has 13 heavy (non-hydrogen) atoms. The standard InChI is InChI=1S/C8H11N3O.ClH/c1-2-6-8(7(12)5-9)11-4-3-10-6;/h3-4H,2,5,9H2,1H3;1H. The van der Waals surface area contributed by atoms with Crippen LogP contribution in [0.2, 0.25) is 0 Å². The molecule has 1 aromatic heterocycles. The molecule has 0 saturated carbocycles. The summed E-state index contributed by atoms with van der Waals surface area (Å²) >= 11 is 0. The topological polar surface area (TPSA) is 68.9 Å². The molecule has 0 bridgehead atoms. The number of hydrogen-bond donors (Lipinski definition) is 1. The smallest absolute Gasteiger partial charge is 0.196 e. The number of carbonyl (C=O) groups is 1. The van der Waals surface area contributed by atoms with Crippen LogP contribution >= 0.6 is 12.4 Å². The van der Waals surface area contributed by atoms with E-state index in [1.807, 2.05) is 6.92 Å². The molecule has 5 heteroatoms. The molecule has 1 heterocycles. The molecule has 0 unspecified atom stereocenters. The number of rotatable bonds is 3.